The van der Waals surface area contributed by atoms with Crippen LogP contribution in [0.1, 0.15) is 30.8 Å². The molecule has 1 aromatic heterocycles. The zero-order chi connectivity index (χ0) is 15.2. The van der Waals surface area contributed by atoms with Crippen LogP contribution < -0.4 is 0 Å². The van der Waals surface area contributed by atoms with Gasteiger partial charge in [0.25, 0.3) is 5.89 Å². The standard InChI is InChI=1S/C16H20N4O/c1-4-20(5-2)9-8-15-18-16(21-19-15)14-7-6-13(11-17)10-12(14)3/h6-7,10H,4-5,8-9H2,1-3H3. The van der Waals surface area contributed by atoms with Gasteiger partial charge in [-0.15, -0.1) is 0 Å². The van der Waals surface area contributed by atoms with Gasteiger partial charge in [0.05, 0.1) is 11.6 Å². The van der Waals surface area contributed by atoms with Crippen molar-refractivity contribution in [2.45, 2.75) is 27.2 Å². The van der Waals surface area contributed by atoms with E-state index in [2.05, 4.69) is 35.0 Å². The van der Waals surface area contributed by atoms with Crippen LogP contribution in [0.15, 0.2) is 22.7 Å². The number of likely N-dealkylation sites (N-methyl/N-ethyl adjacent to an activating group) is 1. The summed E-state index contributed by atoms with van der Waals surface area (Å²) in [7, 11) is 0. The molecule has 0 spiro atoms. The monoisotopic (exact) mass is 284 g/mol. The van der Waals surface area contributed by atoms with Gasteiger partial charge in [-0.3, -0.25) is 0 Å². The molecule has 0 aliphatic rings. The number of aryl methyl sites for hydroxylation is 1. The first kappa shape index (κ1) is 15.2. The summed E-state index contributed by atoms with van der Waals surface area (Å²) >= 11 is 0. The molecule has 21 heavy (non-hydrogen) atoms. The average molecular weight is 284 g/mol. The Balaban J connectivity index is 2.11. The number of nitrogens with zero attached hydrogens (tertiary/aromatic N) is 4. The lowest BCUT2D eigenvalue weighted by Gasteiger charge is -2.16. The van der Waals surface area contributed by atoms with Gasteiger partial charge < -0.3 is 9.42 Å². The van der Waals surface area contributed by atoms with Crippen LogP contribution in [0.2, 0.25) is 0 Å². The molecular weight excluding hydrogens is 264 g/mol. The highest BCUT2D eigenvalue weighted by atomic mass is 16.5. The van der Waals surface area contributed by atoms with E-state index in [0.29, 0.717) is 11.5 Å². The third-order valence-electron chi connectivity index (χ3n) is 3.60. The summed E-state index contributed by atoms with van der Waals surface area (Å²) in [6.07, 6.45) is 0.778. The topological polar surface area (TPSA) is 66.0 Å². The van der Waals surface area contributed by atoms with Gasteiger partial charge >= 0.3 is 0 Å². The van der Waals surface area contributed by atoms with Crippen molar-refractivity contribution in [3.63, 3.8) is 0 Å². The van der Waals surface area contributed by atoms with Crippen molar-refractivity contribution < 1.29 is 4.52 Å². The van der Waals surface area contributed by atoms with Gasteiger partial charge in [-0.1, -0.05) is 19.0 Å². The summed E-state index contributed by atoms with van der Waals surface area (Å²) in [5, 5.41) is 12.9. The zero-order valence-electron chi connectivity index (χ0n) is 12.8. The van der Waals surface area contributed by atoms with E-state index in [1.165, 1.54) is 0 Å². The molecule has 0 radical (unpaired) electrons. The Morgan fingerprint density at radius 1 is 1.29 bits per heavy atom. The number of nitriles is 1. The minimum atomic E-state index is 0.520. The van der Waals surface area contributed by atoms with Gasteiger partial charge in [-0.05, 0) is 43.8 Å². The van der Waals surface area contributed by atoms with Gasteiger partial charge in [0.2, 0.25) is 0 Å². The number of benzene rings is 1. The van der Waals surface area contributed by atoms with E-state index in [0.717, 1.165) is 43.0 Å². The maximum Gasteiger partial charge on any atom is 0.258 e. The van der Waals surface area contributed by atoms with Crippen LogP contribution in [0.25, 0.3) is 11.5 Å². The third kappa shape index (κ3) is 3.67. The molecule has 0 saturated carbocycles. The Morgan fingerprint density at radius 3 is 2.67 bits per heavy atom. The van der Waals surface area contributed by atoms with Crippen molar-refractivity contribution in [2.24, 2.45) is 0 Å². The summed E-state index contributed by atoms with van der Waals surface area (Å²) in [4.78, 5) is 6.77. The molecule has 1 aromatic carbocycles. The van der Waals surface area contributed by atoms with Crippen LogP contribution >= 0.6 is 0 Å². The van der Waals surface area contributed by atoms with Gasteiger partial charge in [0, 0.05) is 18.5 Å². The molecule has 0 N–H and O–H groups in total. The van der Waals surface area contributed by atoms with Crippen LogP contribution in [-0.4, -0.2) is 34.7 Å². The molecule has 0 amide bonds. The van der Waals surface area contributed by atoms with E-state index >= 15 is 0 Å². The predicted molar refractivity (Wildman–Crippen MR) is 80.7 cm³/mol. The van der Waals surface area contributed by atoms with E-state index < -0.39 is 0 Å². The Morgan fingerprint density at radius 2 is 2.05 bits per heavy atom. The second kappa shape index (κ2) is 7.00. The molecule has 0 aliphatic heterocycles. The second-order valence-electron chi connectivity index (χ2n) is 4.93. The molecular formula is C16H20N4O. The maximum absolute atomic E-state index is 8.89. The maximum atomic E-state index is 8.89. The average Bonchev–Trinajstić information content (AvgIpc) is 2.96. The molecule has 110 valence electrons. The van der Waals surface area contributed by atoms with E-state index in [1.807, 2.05) is 19.1 Å². The number of aromatic nitrogens is 2. The van der Waals surface area contributed by atoms with Crippen LogP contribution in [0.4, 0.5) is 0 Å². The molecule has 2 aromatic rings. The van der Waals surface area contributed by atoms with Crippen LogP contribution in [0.5, 0.6) is 0 Å². The predicted octanol–water partition coefficient (Wildman–Crippen LogP) is 2.80. The summed E-state index contributed by atoms with van der Waals surface area (Å²) < 4.78 is 5.34. The van der Waals surface area contributed by atoms with Crippen molar-refractivity contribution in [2.75, 3.05) is 19.6 Å². The molecule has 2 rings (SSSR count). The molecule has 0 unspecified atom stereocenters. The lowest BCUT2D eigenvalue weighted by atomic mass is 10.1. The summed E-state index contributed by atoms with van der Waals surface area (Å²) in [5.74, 6) is 1.24. The fourth-order valence-corrected chi connectivity index (χ4v) is 2.24. The van der Waals surface area contributed by atoms with E-state index in [1.54, 1.807) is 6.07 Å². The SMILES string of the molecule is CCN(CC)CCc1noc(-c2ccc(C#N)cc2C)n1. The number of hydrogen-bond acceptors (Lipinski definition) is 5. The van der Waals surface area contributed by atoms with Crippen molar-refractivity contribution in [3.05, 3.63) is 35.2 Å². The molecule has 0 fully saturated rings. The van der Waals surface area contributed by atoms with Gasteiger partial charge in [0.1, 0.15) is 0 Å². The normalized spacial score (nSPS) is 10.8. The fraction of sp³-hybridized carbons (Fsp3) is 0.438. The zero-order valence-corrected chi connectivity index (χ0v) is 12.8. The first-order valence-electron chi connectivity index (χ1n) is 7.24. The van der Waals surface area contributed by atoms with Crippen molar-refractivity contribution in [1.29, 1.82) is 5.26 Å². The summed E-state index contributed by atoms with van der Waals surface area (Å²) in [6, 6.07) is 7.58. The highest BCUT2D eigenvalue weighted by Crippen LogP contribution is 2.22. The van der Waals surface area contributed by atoms with Gasteiger partial charge in [-0.25, -0.2) is 0 Å². The Labute approximate surface area is 125 Å². The van der Waals surface area contributed by atoms with Crippen molar-refractivity contribution in [1.82, 2.24) is 15.0 Å². The summed E-state index contributed by atoms with van der Waals surface area (Å²) in [5.41, 5.74) is 2.49. The summed E-state index contributed by atoms with van der Waals surface area (Å²) in [6.45, 7) is 9.21. The Bertz CT molecular complexity index is 638. The first-order valence-corrected chi connectivity index (χ1v) is 7.24. The highest BCUT2D eigenvalue weighted by molar-refractivity contribution is 5.60. The van der Waals surface area contributed by atoms with Gasteiger partial charge in [-0.2, -0.15) is 10.2 Å². The van der Waals surface area contributed by atoms with Crippen molar-refractivity contribution in [3.8, 4) is 17.5 Å². The molecule has 0 aliphatic carbocycles. The Hall–Kier alpha value is -2.19. The van der Waals surface area contributed by atoms with E-state index in [-0.39, 0.29) is 0 Å². The molecule has 0 saturated heterocycles. The van der Waals surface area contributed by atoms with E-state index in [9.17, 15) is 0 Å². The fourth-order valence-electron chi connectivity index (χ4n) is 2.24. The van der Waals surface area contributed by atoms with Crippen LogP contribution in [-0.2, 0) is 6.42 Å². The van der Waals surface area contributed by atoms with Crippen LogP contribution in [0.3, 0.4) is 0 Å². The highest BCUT2D eigenvalue weighted by Gasteiger charge is 2.12. The second-order valence-corrected chi connectivity index (χ2v) is 4.93. The molecule has 0 bridgehead atoms. The molecule has 0 atom stereocenters. The quantitative estimate of drug-likeness (QED) is 0.816. The molecule has 5 heteroatoms. The van der Waals surface area contributed by atoms with E-state index in [4.69, 9.17) is 9.78 Å². The lowest BCUT2D eigenvalue weighted by Crippen LogP contribution is -2.25. The smallest absolute Gasteiger partial charge is 0.258 e. The minimum absolute atomic E-state index is 0.520. The largest absolute Gasteiger partial charge is 0.334 e. The third-order valence-corrected chi connectivity index (χ3v) is 3.60. The Kier molecular flexibility index (Phi) is 5.07. The van der Waals surface area contributed by atoms with Crippen LogP contribution in [0, 0.1) is 18.3 Å². The first-order chi connectivity index (χ1) is 10.2. The molecule has 1 heterocycles. The lowest BCUT2D eigenvalue weighted by molar-refractivity contribution is 0.303. The number of hydrogen-bond donors (Lipinski definition) is 0. The van der Waals surface area contributed by atoms with Gasteiger partial charge in [0.15, 0.2) is 5.82 Å². The molecule has 5 nitrogen and oxygen atoms in total. The minimum Gasteiger partial charge on any atom is -0.334 e. The van der Waals surface area contributed by atoms with Crippen molar-refractivity contribution >= 4 is 0 Å². The number of rotatable bonds is 6.